The van der Waals surface area contributed by atoms with Gasteiger partial charge >= 0.3 is 461 Å². The summed E-state index contributed by atoms with van der Waals surface area (Å²) in [5.41, 5.74) is 16.9. The van der Waals surface area contributed by atoms with Gasteiger partial charge in [-0.25, -0.2) is 0 Å². The summed E-state index contributed by atoms with van der Waals surface area (Å²) in [7, 11) is -7.71. The van der Waals surface area contributed by atoms with Crippen LogP contribution in [0.3, 0.4) is 0 Å². The van der Waals surface area contributed by atoms with Gasteiger partial charge in [0.1, 0.15) is 0 Å². The summed E-state index contributed by atoms with van der Waals surface area (Å²) in [5.74, 6) is 0. The van der Waals surface area contributed by atoms with Gasteiger partial charge in [0.15, 0.2) is 0 Å². The van der Waals surface area contributed by atoms with Gasteiger partial charge in [-0.3, -0.25) is 0 Å². The SMILES string of the molecule is Cc1cc(C)c2c(c1)CC1(C)CCCCC21C.Cc1cc(Cl)cc(Br)c1.Cc1cc(Cl)cc(N2c3cc(C)cc(C)c3C3(C)CCCCC23C)c1.II(I)I(I)I(I)I(I)I(I)I(I)I(I)I(I)I(I)I(I)I(I)I(I)I(I)I(I)I(I)I(I)I. The molecule has 0 saturated heterocycles. The first kappa shape index (κ1) is 98.1. The summed E-state index contributed by atoms with van der Waals surface area (Å²) in [5, 5.41) is 1.61. The van der Waals surface area contributed by atoms with Crippen LogP contribution < -0.4 is 4.90 Å². The van der Waals surface area contributed by atoms with E-state index >= 15 is 0 Å². The molecule has 0 amide bonds. The van der Waals surface area contributed by atoms with Crippen LogP contribution in [0.5, 0.6) is 0 Å². The maximum absolute atomic E-state index is 6.45. The van der Waals surface area contributed by atoms with E-state index in [1.165, 1.54) is 103 Å². The van der Waals surface area contributed by atoms with E-state index in [-0.39, 0.29) is 11.0 Å². The van der Waals surface area contributed by atoms with E-state index in [2.05, 4.69) is 455 Å². The van der Waals surface area contributed by atoms with Crippen molar-refractivity contribution in [2.24, 2.45) is 5.41 Å². The third-order valence-corrected chi connectivity index (χ3v) is 2490. The Bertz CT molecular complexity index is 2770. The van der Waals surface area contributed by atoms with Gasteiger partial charge in [-0.2, -0.15) is 0 Å². The standard InChI is InChI=1S/C23H28ClN.C17H24.C7H6BrCl.I34/c1-15-10-17(3)21-20(13-15)25(19-12-16(2)11-18(24)14-19)23(5)9-7-6-8-22(21,23)4;1-12-9-13(2)15-14(10-12)11-16(3)7-5-6-8-17(15,16)4;1-5-2-6(8)4-7(9)3-5;1-19(2)21(5)23(7)25(9)27(11)29(13)31(15)33(17)34(18)32(16)30(14)28(12)26(10)24(8)22(6)20(3)4/h10-14H,6-9H2,1-5H3;9-10H,5-8,11H2,1-4H3;2-4H,1H3;. The summed E-state index contributed by atoms with van der Waals surface area (Å²) in [6, 6.07) is 21.8. The third-order valence-electron chi connectivity index (χ3n) is 14.7. The summed E-state index contributed by atoms with van der Waals surface area (Å²) in [4.78, 5) is 2.61. The molecule has 38 heteroatoms. The molecule has 0 spiro atoms. The van der Waals surface area contributed by atoms with Gasteiger partial charge in [-0.05, 0) is 178 Å². The Balaban J connectivity index is 0.000000224. The van der Waals surface area contributed by atoms with Crippen LogP contribution in [0, 0.1) is 47.0 Å². The molecule has 3 aliphatic carbocycles. The first-order valence-corrected chi connectivity index (χ1v) is 233. The van der Waals surface area contributed by atoms with Crippen molar-refractivity contribution in [1.29, 1.82) is 0 Å². The van der Waals surface area contributed by atoms with Crippen molar-refractivity contribution in [2.45, 2.75) is 143 Å². The summed E-state index contributed by atoms with van der Waals surface area (Å²) in [6.07, 6.45) is 12.1. The molecule has 0 aromatic heterocycles. The van der Waals surface area contributed by atoms with Crippen molar-refractivity contribution < 1.29 is 0 Å². The number of halogens is 37. The van der Waals surface area contributed by atoms with E-state index in [0.717, 1.165) is 14.5 Å². The molecule has 2 saturated carbocycles. The Labute approximate surface area is 760 Å². The van der Waals surface area contributed by atoms with Gasteiger partial charge in [0.05, 0.1) is 5.54 Å². The normalized spacial score (nSPS) is 23.8. The molecular formula is C47H58BrCl2I34N. The molecular weight excluding hydrogens is 5040 g/mol. The van der Waals surface area contributed by atoms with Gasteiger partial charge < -0.3 is 4.90 Å². The number of hydrogen-bond donors (Lipinski definition) is 0. The third kappa shape index (κ3) is 27.6. The number of fused-ring (bicyclic) bond motifs is 6. The molecule has 0 bridgehead atoms. The van der Waals surface area contributed by atoms with Crippen LogP contribution in [0.4, 0.5) is 11.4 Å². The molecule has 0 radical (unpaired) electrons. The minimum absolute atomic E-state index is 0.100. The summed E-state index contributed by atoms with van der Waals surface area (Å²) in [6.45, 7) is 23.2. The van der Waals surface area contributed by atoms with Crippen LogP contribution in [0.25, 0.3) is 0 Å². The zero-order chi connectivity index (χ0) is 64.3. The fourth-order valence-corrected chi connectivity index (χ4v) is 5880. The first-order chi connectivity index (χ1) is 39.3. The number of benzene rings is 4. The Kier molecular flexibility index (Phi) is 54.5. The van der Waals surface area contributed by atoms with Crippen LogP contribution in [-0.2, 0) is 17.3 Å². The zero-order valence-corrected chi connectivity index (χ0v) is 122. The average Bonchev–Trinajstić information content (AvgIpc) is 1.56. The fourth-order valence-electron chi connectivity index (χ4n) is 11.4. The maximum atomic E-state index is 6.45. The minimum atomic E-state index is -0.511. The van der Waals surface area contributed by atoms with Crippen molar-refractivity contribution in [3.8, 4) is 0 Å². The Morgan fingerprint density at radius 2 is 0.741 bits per heavy atom. The molecule has 4 aliphatic rings. The van der Waals surface area contributed by atoms with E-state index in [0.29, 0.717) is 10.8 Å². The summed E-state index contributed by atoms with van der Waals surface area (Å²) >= 11 is 72.7. The quantitative estimate of drug-likeness (QED) is 0.101. The van der Waals surface area contributed by atoms with Crippen molar-refractivity contribution in [3.05, 3.63) is 125 Å². The van der Waals surface area contributed by atoms with Crippen molar-refractivity contribution in [2.75, 3.05) is 4.90 Å². The number of anilines is 2. The van der Waals surface area contributed by atoms with Crippen molar-refractivity contribution in [3.63, 3.8) is 0 Å². The van der Waals surface area contributed by atoms with Gasteiger partial charge in [0.25, 0.3) is 0 Å². The Morgan fingerprint density at radius 3 is 1.15 bits per heavy atom. The van der Waals surface area contributed by atoms with Gasteiger partial charge in [0, 0.05) is 31.3 Å². The Hall–Kier alpha value is 22.6. The van der Waals surface area contributed by atoms with Gasteiger partial charge in [-0.15, -0.1) is 0 Å². The fraction of sp³-hybridized carbons (Fsp3) is 0.489. The van der Waals surface area contributed by atoms with Crippen LogP contribution in [0.2, 0.25) is 10.0 Å². The topological polar surface area (TPSA) is 3.24 Å². The van der Waals surface area contributed by atoms with Crippen molar-refractivity contribution >= 4 is 512 Å². The Morgan fingerprint density at radius 1 is 0.388 bits per heavy atom. The zero-order valence-electron chi connectivity index (χ0n) is 45.6. The molecule has 2 fully saturated rings. The molecule has 1 heterocycles. The van der Waals surface area contributed by atoms with E-state index in [1.54, 1.807) is 16.7 Å². The first-order valence-electron chi connectivity index (χ1n) is 23.8. The number of nitrogens with zero attached hydrogens (tertiary/aromatic N) is 1. The van der Waals surface area contributed by atoms with E-state index in [4.69, 9.17) is 23.2 Å². The monoisotopic (exact) mass is 5100 g/mol. The molecule has 8 rings (SSSR count). The van der Waals surface area contributed by atoms with Crippen molar-refractivity contribution in [1.82, 2.24) is 0 Å². The molecule has 4 aromatic rings. The second-order valence-electron chi connectivity index (χ2n) is 20.0. The molecule has 0 N–H and O–H groups in total. The van der Waals surface area contributed by atoms with Gasteiger partial charge in [-0.1, -0.05) is 109 Å². The molecule has 1 aliphatic heterocycles. The predicted molar refractivity (Wildman–Crippen MR) is 703 cm³/mol. The van der Waals surface area contributed by atoms with Crippen LogP contribution in [0.1, 0.15) is 129 Å². The molecule has 4 unspecified atom stereocenters. The van der Waals surface area contributed by atoms with Crippen LogP contribution in [0.15, 0.2) is 65.1 Å². The van der Waals surface area contributed by atoms with E-state index < -0.39 is 126 Å². The number of aryl methyl sites for hydroxylation is 6. The van der Waals surface area contributed by atoms with E-state index in [1.807, 2.05) is 31.2 Å². The molecule has 1 nitrogen and oxygen atoms in total. The second kappa shape index (κ2) is 47.2. The molecule has 85 heavy (non-hydrogen) atoms. The van der Waals surface area contributed by atoms with Gasteiger partial charge in [0.2, 0.25) is 0 Å². The van der Waals surface area contributed by atoms with Crippen LogP contribution >= 0.6 is 501 Å². The molecule has 4 aromatic carbocycles. The average molecular weight is 5100 g/mol. The van der Waals surface area contributed by atoms with E-state index in [9.17, 15) is 0 Å². The number of rotatable bonds is 16. The summed E-state index contributed by atoms with van der Waals surface area (Å²) < 4.78 is 1.03. The second-order valence-corrected chi connectivity index (χ2v) is 802. The van der Waals surface area contributed by atoms with Crippen LogP contribution in [-0.4, -0.2) is 5.54 Å². The molecule has 4 atom stereocenters. The number of hydrogen-bond acceptors (Lipinski definition) is 1. The molecule has 510 valence electrons. The predicted octanol–water partition coefficient (Wildman–Crippen LogP) is 45.2.